The van der Waals surface area contributed by atoms with E-state index in [0.29, 0.717) is 6.04 Å². The van der Waals surface area contributed by atoms with Crippen LogP contribution in [-0.2, 0) is 18.2 Å². The Morgan fingerprint density at radius 3 is 2.53 bits per heavy atom. The Hall–Kier alpha value is -0.870. The van der Waals surface area contributed by atoms with Gasteiger partial charge in [0.25, 0.3) is 0 Å². The normalized spacial score (nSPS) is 15.5. The zero-order chi connectivity index (χ0) is 14.5. The largest absolute Gasteiger partial charge is 0.376 e. The molecule has 19 heavy (non-hydrogen) atoms. The summed E-state index contributed by atoms with van der Waals surface area (Å²) in [5.41, 5.74) is 0.130. The minimum atomic E-state index is 0.130. The lowest BCUT2D eigenvalue weighted by Crippen LogP contribution is -2.47. The van der Waals surface area contributed by atoms with Crippen LogP contribution in [0.15, 0.2) is 12.4 Å². The quantitative estimate of drug-likeness (QED) is 0.824. The summed E-state index contributed by atoms with van der Waals surface area (Å²) in [6, 6.07) is 0.344. The predicted molar refractivity (Wildman–Crippen MR) is 79.2 cm³/mol. The molecule has 4 heteroatoms. The van der Waals surface area contributed by atoms with Crippen molar-refractivity contribution in [2.45, 2.75) is 52.7 Å². The summed E-state index contributed by atoms with van der Waals surface area (Å²) in [4.78, 5) is 4.38. The lowest BCUT2D eigenvalue weighted by molar-refractivity contribution is -0.0358. The van der Waals surface area contributed by atoms with E-state index in [0.717, 1.165) is 25.3 Å². The van der Waals surface area contributed by atoms with Crippen molar-refractivity contribution in [1.29, 1.82) is 0 Å². The van der Waals surface area contributed by atoms with E-state index in [4.69, 9.17) is 4.74 Å². The minimum Gasteiger partial charge on any atom is -0.376 e. The second kappa shape index (κ2) is 7.06. The molecule has 0 radical (unpaired) electrons. The molecule has 0 saturated carbocycles. The number of aromatic nitrogens is 2. The lowest BCUT2D eigenvalue weighted by Gasteiger charge is -2.36. The van der Waals surface area contributed by atoms with Crippen molar-refractivity contribution in [3.05, 3.63) is 18.2 Å². The molecule has 2 atom stereocenters. The fraction of sp³-hybridized carbons (Fsp3) is 0.800. The van der Waals surface area contributed by atoms with Crippen molar-refractivity contribution < 1.29 is 4.74 Å². The SMILES string of the molecule is CCOC(C(CCc1nccn1C)NC)C(C)(C)C. The Kier molecular flexibility index (Phi) is 6.01. The molecule has 0 bridgehead atoms. The molecule has 1 aromatic heterocycles. The van der Waals surface area contributed by atoms with Crippen molar-refractivity contribution in [2.75, 3.05) is 13.7 Å². The van der Waals surface area contributed by atoms with Crippen molar-refractivity contribution in [2.24, 2.45) is 12.5 Å². The number of nitrogens with one attached hydrogen (secondary N) is 1. The van der Waals surface area contributed by atoms with Crippen LogP contribution in [0.1, 0.15) is 39.9 Å². The minimum absolute atomic E-state index is 0.130. The maximum absolute atomic E-state index is 5.97. The first-order chi connectivity index (χ1) is 8.90. The average Bonchev–Trinajstić information content (AvgIpc) is 2.73. The summed E-state index contributed by atoms with van der Waals surface area (Å²) in [7, 11) is 4.06. The van der Waals surface area contributed by atoms with Gasteiger partial charge < -0.3 is 14.6 Å². The monoisotopic (exact) mass is 267 g/mol. The van der Waals surface area contributed by atoms with E-state index in [1.807, 2.05) is 26.5 Å². The number of hydrogen-bond acceptors (Lipinski definition) is 3. The summed E-state index contributed by atoms with van der Waals surface area (Å²) < 4.78 is 8.05. The van der Waals surface area contributed by atoms with Crippen LogP contribution in [0, 0.1) is 5.41 Å². The first-order valence-electron chi connectivity index (χ1n) is 7.15. The molecule has 4 nitrogen and oxygen atoms in total. The summed E-state index contributed by atoms with van der Waals surface area (Å²) in [6.45, 7) is 9.52. The molecule has 110 valence electrons. The highest BCUT2D eigenvalue weighted by atomic mass is 16.5. The molecule has 1 heterocycles. The summed E-state index contributed by atoms with van der Waals surface area (Å²) >= 11 is 0. The molecule has 0 amide bonds. The zero-order valence-corrected chi connectivity index (χ0v) is 13.2. The molecule has 0 saturated heterocycles. The number of likely N-dealkylation sites (N-methyl/N-ethyl adjacent to an activating group) is 1. The van der Waals surface area contributed by atoms with E-state index in [-0.39, 0.29) is 11.5 Å². The second-order valence-electron chi connectivity index (χ2n) is 6.13. The van der Waals surface area contributed by atoms with Gasteiger partial charge in [0, 0.05) is 38.5 Å². The average molecular weight is 267 g/mol. The molecular formula is C15H29N3O. The molecule has 2 unspecified atom stereocenters. The van der Waals surface area contributed by atoms with Gasteiger partial charge in [-0.15, -0.1) is 0 Å². The van der Waals surface area contributed by atoms with E-state index in [9.17, 15) is 0 Å². The third-order valence-corrected chi connectivity index (χ3v) is 3.54. The molecule has 1 N–H and O–H groups in total. The second-order valence-corrected chi connectivity index (χ2v) is 6.13. The van der Waals surface area contributed by atoms with E-state index < -0.39 is 0 Å². The van der Waals surface area contributed by atoms with Gasteiger partial charge in [-0.2, -0.15) is 0 Å². The number of rotatable bonds is 7. The highest BCUT2D eigenvalue weighted by Gasteiger charge is 2.32. The van der Waals surface area contributed by atoms with E-state index in [1.165, 1.54) is 0 Å². The molecular weight excluding hydrogens is 238 g/mol. The Bertz CT molecular complexity index is 368. The van der Waals surface area contributed by atoms with Crippen LogP contribution in [0.5, 0.6) is 0 Å². The van der Waals surface area contributed by atoms with Gasteiger partial charge in [-0.3, -0.25) is 0 Å². The number of nitrogens with zero attached hydrogens (tertiary/aromatic N) is 2. The van der Waals surface area contributed by atoms with Crippen LogP contribution >= 0.6 is 0 Å². The zero-order valence-electron chi connectivity index (χ0n) is 13.2. The van der Waals surface area contributed by atoms with Crippen molar-refractivity contribution in [3.63, 3.8) is 0 Å². The van der Waals surface area contributed by atoms with Crippen LogP contribution < -0.4 is 5.32 Å². The Balaban J connectivity index is 2.67. The van der Waals surface area contributed by atoms with Crippen LogP contribution in [0.2, 0.25) is 0 Å². The van der Waals surface area contributed by atoms with Crippen LogP contribution in [-0.4, -0.2) is 35.4 Å². The van der Waals surface area contributed by atoms with E-state index in [2.05, 4.69) is 42.6 Å². The van der Waals surface area contributed by atoms with Gasteiger partial charge >= 0.3 is 0 Å². The van der Waals surface area contributed by atoms with Crippen molar-refractivity contribution in [1.82, 2.24) is 14.9 Å². The Morgan fingerprint density at radius 2 is 2.11 bits per heavy atom. The molecule has 0 spiro atoms. The van der Waals surface area contributed by atoms with E-state index in [1.54, 1.807) is 0 Å². The van der Waals surface area contributed by atoms with Gasteiger partial charge in [0.15, 0.2) is 0 Å². The highest BCUT2D eigenvalue weighted by molar-refractivity contribution is 4.94. The fourth-order valence-electron chi connectivity index (χ4n) is 2.52. The summed E-state index contributed by atoms with van der Waals surface area (Å²) in [5.74, 6) is 1.13. The molecule has 0 fully saturated rings. The third kappa shape index (κ3) is 4.62. The number of hydrogen-bond donors (Lipinski definition) is 1. The molecule has 1 rings (SSSR count). The first-order valence-corrected chi connectivity index (χ1v) is 7.15. The maximum atomic E-state index is 5.97. The van der Waals surface area contributed by atoms with Gasteiger partial charge in [0.1, 0.15) is 5.82 Å². The molecule has 0 aliphatic carbocycles. The van der Waals surface area contributed by atoms with Crippen LogP contribution in [0.25, 0.3) is 0 Å². The Morgan fingerprint density at radius 1 is 1.42 bits per heavy atom. The van der Waals surface area contributed by atoms with E-state index >= 15 is 0 Å². The van der Waals surface area contributed by atoms with Crippen molar-refractivity contribution in [3.8, 4) is 0 Å². The number of ether oxygens (including phenoxy) is 1. The van der Waals surface area contributed by atoms with Gasteiger partial charge in [0.05, 0.1) is 6.10 Å². The molecule has 1 aromatic rings. The summed E-state index contributed by atoms with van der Waals surface area (Å²) in [5, 5.41) is 3.41. The molecule has 0 aromatic carbocycles. The highest BCUT2D eigenvalue weighted by Crippen LogP contribution is 2.26. The standard InChI is InChI=1S/C15H29N3O/c1-7-19-14(15(2,3)4)12(16-5)8-9-13-17-10-11-18(13)6/h10-12,14,16H,7-9H2,1-6H3. The van der Waals surface area contributed by atoms with Crippen LogP contribution in [0.4, 0.5) is 0 Å². The predicted octanol–water partition coefficient (Wildman–Crippen LogP) is 2.39. The fourth-order valence-corrected chi connectivity index (χ4v) is 2.52. The van der Waals surface area contributed by atoms with Crippen molar-refractivity contribution >= 4 is 0 Å². The smallest absolute Gasteiger partial charge is 0.108 e. The Labute approximate surface area is 117 Å². The van der Waals surface area contributed by atoms with Crippen LogP contribution in [0.3, 0.4) is 0 Å². The molecule has 0 aliphatic heterocycles. The molecule has 0 aliphatic rings. The third-order valence-electron chi connectivity index (χ3n) is 3.54. The first kappa shape index (κ1) is 16.2. The number of aryl methyl sites for hydroxylation is 2. The number of imidazole rings is 1. The summed E-state index contributed by atoms with van der Waals surface area (Å²) in [6.07, 6.45) is 6.06. The maximum Gasteiger partial charge on any atom is 0.108 e. The van der Waals surface area contributed by atoms with Gasteiger partial charge in [-0.05, 0) is 25.8 Å². The van der Waals surface area contributed by atoms with Gasteiger partial charge in [0.2, 0.25) is 0 Å². The lowest BCUT2D eigenvalue weighted by atomic mass is 9.83. The van der Waals surface area contributed by atoms with Gasteiger partial charge in [-0.25, -0.2) is 4.98 Å². The topological polar surface area (TPSA) is 39.1 Å². The van der Waals surface area contributed by atoms with Gasteiger partial charge in [-0.1, -0.05) is 20.8 Å².